The van der Waals surface area contributed by atoms with Crippen LogP contribution in [-0.2, 0) is 9.59 Å². The van der Waals surface area contributed by atoms with Crippen molar-refractivity contribution in [2.45, 2.75) is 0 Å². The molecule has 2 rings (SSSR count). The van der Waals surface area contributed by atoms with Crippen molar-refractivity contribution in [1.82, 2.24) is 0 Å². The summed E-state index contributed by atoms with van der Waals surface area (Å²) in [5.41, 5.74) is 2.02. The van der Waals surface area contributed by atoms with Crippen LogP contribution in [-0.4, -0.2) is 17.0 Å². The third-order valence-electron chi connectivity index (χ3n) is 2.75. The SMILES string of the molecule is O=C(O)C=CC(=O)Nc1ccccc1C#Cc1ccc(Br)cc1. The average molecular weight is 370 g/mol. The molecule has 114 valence electrons. The normalized spacial score (nSPS) is 9.96. The van der Waals surface area contributed by atoms with E-state index < -0.39 is 11.9 Å². The number of nitrogens with one attached hydrogen (secondary N) is 1. The summed E-state index contributed by atoms with van der Waals surface area (Å²) in [4.78, 5) is 22.1. The maximum absolute atomic E-state index is 11.7. The fourth-order valence-electron chi connectivity index (χ4n) is 1.70. The van der Waals surface area contributed by atoms with Gasteiger partial charge in [-0.15, -0.1) is 0 Å². The molecule has 0 saturated heterocycles. The van der Waals surface area contributed by atoms with Gasteiger partial charge in [-0.3, -0.25) is 4.79 Å². The molecule has 4 nitrogen and oxygen atoms in total. The first-order valence-corrected chi connectivity index (χ1v) is 7.42. The molecule has 0 bridgehead atoms. The molecule has 0 heterocycles. The largest absolute Gasteiger partial charge is 0.478 e. The van der Waals surface area contributed by atoms with E-state index in [9.17, 15) is 9.59 Å². The van der Waals surface area contributed by atoms with Crippen molar-refractivity contribution in [3.63, 3.8) is 0 Å². The zero-order valence-corrected chi connectivity index (χ0v) is 13.5. The van der Waals surface area contributed by atoms with Crippen LogP contribution in [0.4, 0.5) is 5.69 Å². The van der Waals surface area contributed by atoms with E-state index in [-0.39, 0.29) is 0 Å². The van der Waals surface area contributed by atoms with Crippen LogP contribution in [0.15, 0.2) is 65.2 Å². The summed E-state index contributed by atoms with van der Waals surface area (Å²) < 4.78 is 0.973. The lowest BCUT2D eigenvalue weighted by atomic mass is 10.1. The quantitative estimate of drug-likeness (QED) is 0.643. The Morgan fingerprint density at radius 2 is 1.70 bits per heavy atom. The summed E-state index contributed by atoms with van der Waals surface area (Å²) in [7, 11) is 0. The standard InChI is InChI=1S/C18H12BrNO3/c19-15-9-6-13(7-10-15)5-8-14-3-1-2-4-16(14)20-17(21)11-12-18(22)23/h1-4,6-7,9-12H,(H,20,21)(H,22,23). The summed E-state index contributed by atoms with van der Waals surface area (Å²) in [5, 5.41) is 11.1. The van der Waals surface area contributed by atoms with Crippen molar-refractivity contribution in [2.75, 3.05) is 5.32 Å². The number of benzene rings is 2. The number of rotatable bonds is 3. The topological polar surface area (TPSA) is 66.4 Å². The molecule has 0 unspecified atom stereocenters. The Morgan fingerprint density at radius 3 is 2.39 bits per heavy atom. The molecule has 0 spiro atoms. The summed E-state index contributed by atoms with van der Waals surface area (Å²) in [6, 6.07) is 14.6. The van der Waals surface area contributed by atoms with Crippen molar-refractivity contribution in [3.8, 4) is 11.8 Å². The Kier molecular flexibility index (Phi) is 5.73. The van der Waals surface area contributed by atoms with Gasteiger partial charge in [-0.05, 0) is 36.4 Å². The number of carboxylic acid groups (broad SMARTS) is 1. The van der Waals surface area contributed by atoms with Gasteiger partial charge in [0, 0.05) is 27.8 Å². The lowest BCUT2D eigenvalue weighted by molar-refractivity contribution is -0.131. The smallest absolute Gasteiger partial charge is 0.328 e. The molecule has 5 heteroatoms. The summed E-state index contributed by atoms with van der Waals surface area (Å²) in [5.74, 6) is 4.32. The van der Waals surface area contributed by atoms with E-state index in [0.29, 0.717) is 11.3 Å². The van der Waals surface area contributed by atoms with Crippen molar-refractivity contribution in [1.29, 1.82) is 0 Å². The van der Waals surface area contributed by atoms with Crippen LogP contribution in [0.5, 0.6) is 0 Å². The maximum atomic E-state index is 11.7. The Hall–Kier alpha value is -2.84. The Labute approximate surface area is 142 Å². The Morgan fingerprint density at radius 1 is 1.00 bits per heavy atom. The molecular formula is C18H12BrNO3. The van der Waals surface area contributed by atoms with Gasteiger partial charge < -0.3 is 10.4 Å². The first-order valence-electron chi connectivity index (χ1n) is 6.63. The molecule has 23 heavy (non-hydrogen) atoms. The first-order chi connectivity index (χ1) is 11.0. The van der Waals surface area contributed by atoms with Gasteiger partial charge in [0.1, 0.15) is 0 Å². The molecule has 1 amide bonds. The van der Waals surface area contributed by atoms with Gasteiger partial charge in [-0.1, -0.05) is 39.9 Å². The molecule has 2 N–H and O–H groups in total. The number of para-hydroxylation sites is 1. The molecule has 0 saturated carbocycles. The number of carboxylic acids is 1. The molecule has 0 aliphatic rings. The minimum Gasteiger partial charge on any atom is -0.478 e. The molecule has 0 aliphatic heterocycles. The van der Waals surface area contributed by atoms with E-state index in [2.05, 4.69) is 33.1 Å². The highest BCUT2D eigenvalue weighted by Gasteiger charge is 2.02. The fraction of sp³-hybridized carbons (Fsp3) is 0. The predicted octanol–water partition coefficient (Wildman–Crippen LogP) is 3.43. The van der Waals surface area contributed by atoms with E-state index in [1.807, 2.05) is 30.3 Å². The van der Waals surface area contributed by atoms with Crippen LogP contribution in [0.2, 0.25) is 0 Å². The average Bonchev–Trinajstić information content (AvgIpc) is 2.53. The van der Waals surface area contributed by atoms with E-state index in [1.165, 1.54) is 0 Å². The molecule has 0 radical (unpaired) electrons. The second kappa shape index (κ2) is 7.97. The summed E-state index contributed by atoms with van der Waals surface area (Å²) in [6.07, 6.45) is 1.74. The van der Waals surface area contributed by atoms with E-state index in [1.54, 1.807) is 18.2 Å². The van der Waals surface area contributed by atoms with Crippen LogP contribution < -0.4 is 5.32 Å². The van der Waals surface area contributed by atoms with Crippen LogP contribution in [0.1, 0.15) is 11.1 Å². The lowest BCUT2D eigenvalue weighted by Gasteiger charge is -2.04. The molecule has 0 atom stereocenters. The number of anilines is 1. The van der Waals surface area contributed by atoms with Crippen LogP contribution in [0.25, 0.3) is 0 Å². The number of hydrogen-bond acceptors (Lipinski definition) is 2. The van der Waals surface area contributed by atoms with Crippen molar-refractivity contribution >= 4 is 33.5 Å². The Balaban J connectivity index is 2.19. The number of carbonyl (C=O) groups excluding carboxylic acids is 1. The number of halogens is 1. The van der Waals surface area contributed by atoms with Gasteiger partial charge in [0.15, 0.2) is 0 Å². The summed E-state index contributed by atoms with van der Waals surface area (Å²) >= 11 is 3.36. The van der Waals surface area contributed by atoms with Gasteiger partial charge in [0.2, 0.25) is 5.91 Å². The first kappa shape index (κ1) is 16.5. The zero-order chi connectivity index (χ0) is 16.7. The fourth-order valence-corrected chi connectivity index (χ4v) is 1.96. The minimum absolute atomic E-state index is 0.523. The third kappa shape index (κ3) is 5.46. The Bertz CT molecular complexity index is 814. The van der Waals surface area contributed by atoms with Gasteiger partial charge in [-0.25, -0.2) is 4.79 Å². The van der Waals surface area contributed by atoms with Crippen molar-refractivity contribution in [2.24, 2.45) is 0 Å². The second-order valence-corrected chi connectivity index (χ2v) is 5.38. The second-order valence-electron chi connectivity index (χ2n) is 4.46. The molecule has 0 aliphatic carbocycles. The van der Waals surface area contributed by atoms with Gasteiger partial charge in [0.25, 0.3) is 0 Å². The van der Waals surface area contributed by atoms with E-state index >= 15 is 0 Å². The van der Waals surface area contributed by atoms with Gasteiger partial charge in [-0.2, -0.15) is 0 Å². The van der Waals surface area contributed by atoms with Gasteiger partial charge in [0.05, 0.1) is 5.69 Å². The third-order valence-corrected chi connectivity index (χ3v) is 3.28. The molecular weight excluding hydrogens is 358 g/mol. The predicted molar refractivity (Wildman–Crippen MR) is 92.0 cm³/mol. The molecule has 0 fully saturated rings. The van der Waals surface area contributed by atoms with Crippen LogP contribution >= 0.6 is 15.9 Å². The summed E-state index contributed by atoms with van der Waals surface area (Å²) in [6.45, 7) is 0. The maximum Gasteiger partial charge on any atom is 0.328 e. The highest BCUT2D eigenvalue weighted by Crippen LogP contribution is 2.14. The molecule has 0 aromatic heterocycles. The highest BCUT2D eigenvalue weighted by atomic mass is 79.9. The minimum atomic E-state index is -1.18. The van der Waals surface area contributed by atoms with Crippen molar-refractivity contribution < 1.29 is 14.7 Å². The van der Waals surface area contributed by atoms with E-state index in [0.717, 1.165) is 22.2 Å². The number of carbonyl (C=O) groups is 2. The van der Waals surface area contributed by atoms with Crippen LogP contribution in [0.3, 0.4) is 0 Å². The van der Waals surface area contributed by atoms with Gasteiger partial charge >= 0.3 is 5.97 Å². The number of aliphatic carboxylic acids is 1. The molecule has 2 aromatic rings. The number of amides is 1. The lowest BCUT2D eigenvalue weighted by Crippen LogP contribution is -2.09. The zero-order valence-electron chi connectivity index (χ0n) is 11.9. The highest BCUT2D eigenvalue weighted by molar-refractivity contribution is 9.10. The van der Waals surface area contributed by atoms with Crippen molar-refractivity contribution in [3.05, 3.63) is 76.3 Å². The van der Waals surface area contributed by atoms with E-state index in [4.69, 9.17) is 5.11 Å². The van der Waals surface area contributed by atoms with Crippen LogP contribution in [0, 0.1) is 11.8 Å². The number of hydrogen-bond donors (Lipinski definition) is 2. The molecule has 2 aromatic carbocycles. The monoisotopic (exact) mass is 369 g/mol.